The fraction of sp³-hybridized carbons (Fsp3) is 0.538. The number of likely N-dealkylation sites (tertiary alicyclic amines) is 1. The number of amides is 1. The molecule has 0 spiro atoms. The monoisotopic (exact) mass is 248 g/mol. The fourth-order valence-electron chi connectivity index (χ4n) is 2.10. The summed E-state index contributed by atoms with van der Waals surface area (Å²) in [5, 5.41) is 2.82. The number of aryl methyl sites for hydroxylation is 1. The van der Waals surface area contributed by atoms with E-state index in [4.69, 9.17) is 5.73 Å². The summed E-state index contributed by atoms with van der Waals surface area (Å²) in [6.45, 7) is 4.19. The number of carbonyl (C=O) groups is 1. The fourth-order valence-corrected chi connectivity index (χ4v) is 2.10. The number of hydrogen-bond acceptors (Lipinski definition) is 4. The Morgan fingerprint density at radius 1 is 1.56 bits per heavy atom. The molecule has 5 nitrogen and oxygen atoms in total. The highest BCUT2D eigenvalue weighted by Crippen LogP contribution is 2.09. The van der Waals surface area contributed by atoms with Gasteiger partial charge in [0, 0.05) is 25.3 Å². The zero-order valence-corrected chi connectivity index (χ0v) is 10.7. The van der Waals surface area contributed by atoms with Gasteiger partial charge in [-0.25, -0.2) is 4.98 Å². The van der Waals surface area contributed by atoms with E-state index in [1.807, 2.05) is 19.1 Å². The molecule has 5 heteroatoms. The first kappa shape index (κ1) is 13.0. The lowest BCUT2D eigenvalue weighted by Crippen LogP contribution is -2.43. The summed E-state index contributed by atoms with van der Waals surface area (Å²) < 4.78 is 0. The first-order valence-corrected chi connectivity index (χ1v) is 6.34. The van der Waals surface area contributed by atoms with Crippen LogP contribution in [0.2, 0.25) is 0 Å². The van der Waals surface area contributed by atoms with Crippen molar-refractivity contribution in [1.29, 1.82) is 0 Å². The summed E-state index contributed by atoms with van der Waals surface area (Å²) in [6, 6.07) is 4.06. The molecule has 0 aliphatic carbocycles. The van der Waals surface area contributed by atoms with Gasteiger partial charge in [0.2, 0.25) is 5.91 Å². The van der Waals surface area contributed by atoms with Crippen LogP contribution in [0.5, 0.6) is 0 Å². The van der Waals surface area contributed by atoms with Crippen molar-refractivity contribution in [3.63, 3.8) is 0 Å². The minimum Gasteiger partial charge on any atom is -0.328 e. The van der Waals surface area contributed by atoms with Crippen LogP contribution < -0.4 is 11.1 Å². The predicted octanol–water partition coefficient (Wildman–Crippen LogP) is 0.752. The van der Waals surface area contributed by atoms with Crippen molar-refractivity contribution >= 4 is 11.7 Å². The lowest BCUT2D eigenvalue weighted by molar-refractivity contribution is -0.117. The van der Waals surface area contributed by atoms with E-state index < -0.39 is 0 Å². The number of nitrogens with one attached hydrogen (secondary N) is 1. The summed E-state index contributed by atoms with van der Waals surface area (Å²) >= 11 is 0. The average Bonchev–Trinajstić information content (AvgIpc) is 2.32. The van der Waals surface area contributed by atoms with Gasteiger partial charge in [0.1, 0.15) is 5.82 Å². The summed E-state index contributed by atoms with van der Waals surface area (Å²) in [7, 11) is 0. The second kappa shape index (κ2) is 5.93. The second-order valence-corrected chi connectivity index (χ2v) is 4.88. The topological polar surface area (TPSA) is 71.2 Å². The molecule has 3 N–H and O–H groups in total. The number of piperidine rings is 1. The van der Waals surface area contributed by atoms with Crippen molar-refractivity contribution in [2.24, 2.45) is 5.73 Å². The Labute approximate surface area is 107 Å². The predicted molar refractivity (Wildman–Crippen MR) is 71.3 cm³/mol. The van der Waals surface area contributed by atoms with Crippen LogP contribution in [-0.4, -0.2) is 41.5 Å². The van der Waals surface area contributed by atoms with E-state index >= 15 is 0 Å². The van der Waals surface area contributed by atoms with E-state index in [9.17, 15) is 4.79 Å². The van der Waals surface area contributed by atoms with Crippen LogP contribution in [0.15, 0.2) is 18.3 Å². The summed E-state index contributed by atoms with van der Waals surface area (Å²) in [5.41, 5.74) is 6.92. The molecule has 2 rings (SSSR count). The third-order valence-corrected chi connectivity index (χ3v) is 3.18. The van der Waals surface area contributed by atoms with Gasteiger partial charge >= 0.3 is 0 Å². The lowest BCUT2D eigenvalue weighted by atomic mass is 10.1. The van der Waals surface area contributed by atoms with Gasteiger partial charge < -0.3 is 11.1 Å². The molecule has 98 valence electrons. The highest BCUT2D eigenvalue weighted by molar-refractivity contribution is 5.91. The van der Waals surface area contributed by atoms with Crippen LogP contribution in [-0.2, 0) is 4.79 Å². The number of nitrogens with two attached hydrogens (primary N) is 1. The minimum absolute atomic E-state index is 0.0106. The zero-order chi connectivity index (χ0) is 13.0. The molecule has 2 heterocycles. The van der Waals surface area contributed by atoms with Crippen LogP contribution >= 0.6 is 0 Å². The van der Waals surface area contributed by atoms with Crippen molar-refractivity contribution in [1.82, 2.24) is 9.88 Å². The van der Waals surface area contributed by atoms with Crippen molar-refractivity contribution in [3.8, 4) is 0 Å². The maximum absolute atomic E-state index is 11.8. The Kier molecular flexibility index (Phi) is 4.28. The molecule has 1 saturated heterocycles. The van der Waals surface area contributed by atoms with Crippen molar-refractivity contribution < 1.29 is 4.79 Å². The van der Waals surface area contributed by atoms with E-state index in [1.165, 1.54) is 0 Å². The number of anilines is 1. The van der Waals surface area contributed by atoms with Crippen LogP contribution in [0.1, 0.15) is 18.4 Å². The van der Waals surface area contributed by atoms with Crippen LogP contribution in [0.25, 0.3) is 0 Å². The van der Waals surface area contributed by atoms with E-state index in [-0.39, 0.29) is 5.91 Å². The zero-order valence-electron chi connectivity index (χ0n) is 10.7. The smallest absolute Gasteiger partial charge is 0.239 e. The minimum atomic E-state index is -0.0106. The van der Waals surface area contributed by atoms with Gasteiger partial charge in [-0.05, 0) is 37.5 Å². The molecule has 1 aromatic heterocycles. The van der Waals surface area contributed by atoms with Crippen LogP contribution in [0.4, 0.5) is 5.82 Å². The highest BCUT2D eigenvalue weighted by atomic mass is 16.2. The van der Waals surface area contributed by atoms with Gasteiger partial charge in [-0.1, -0.05) is 0 Å². The van der Waals surface area contributed by atoms with Crippen molar-refractivity contribution in [2.45, 2.75) is 25.8 Å². The third kappa shape index (κ3) is 3.78. The Balaban J connectivity index is 1.82. The summed E-state index contributed by atoms with van der Waals surface area (Å²) in [5.74, 6) is 0.609. The number of carbonyl (C=O) groups excluding carboxylic acids is 1. The van der Waals surface area contributed by atoms with Gasteiger partial charge in [-0.3, -0.25) is 9.69 Å². The molecule has 1 aliphatic rings. The Morgan fingerprint density at radius 3 is 2.94 bits per heavy atom. The number of hydrogen-bond donors (Lipinski definition) is 2. The second-order valence-electron chi connectivity index (χ2n) is 4.88. The summed E-state index contributed by atoms with van der Waals surface area (Å²) in [4.78, 5) is 18.1. The number of pyridine rings is 1. The van der Waals surface area contributed by atoms with Crippen molar-refractivity contribution in [2.75, 3.05) is 25.0 Å². The third-order valence-electron chi connectivity index (χ3n) is 3.18. The van der Waals surface area contributed by atoms with Gasteiger partial charge in [0.15, 0.2) is 0 Å². The molecule has 1 aliphatic heterocycles. The molecule has 0 unspecified atom stereocenters. The Hall–Kier alpha value is -1.46. The van der Waals surface area contributed by atoms with E-state index in [0.717, 1.165) is 31.5 Å². The van der Waals surface area contributed by atoms with Crippen molar-refractivity contribution in [3.05, 3.63) is 23.9 Å². The molecule has 0 atom stereocenters. The van der Waals surface area contributed by atoms with E-state index in [1.54, 1.807) is 6.20 Å². The normalized spacial score (nSPS) is 17.7. The molecule has 0 aromatic carbocycles. The Bertz CT molecular complexity index is 413. The van der Waals surface area contributed by atoms with E-state index in [2.05, 4.69) is 15.2 Å². The maximum atomic E-state index is 11.8. The molecule has 0 saturated carbocycles. The quantitative estimate of drug-likeness (QED) is 0.828. The van der Waals surface area contributed by atoms with Crippen LogP contribution in [0, 0.1) is 6.92 Å². The SMILES string of the molecule is Cc1ccnc(NC(=O)CN2CCC(N)CC2)c1. The number of rotatable bonds is 3. The largest absolute Gasteiger partial charge is 0.328 e. The summed E-state index contributed by atoms with van der Waals surface area (Å²) in [6.07, 6.45) is 3.64. The molecule has 0 radical (unpaired) electrons. The molecule has 1 amide bonds. The first-order valence-electron chi connectivity index (χ1n) is 6.34. The van der Waals surface area contributed by atoms with Gasteiger partial charge in [-0.2, -0.15) is 0 Å². The first-order chi connectivity index (χ1) is 8.63. The maximum Gasteiger partial charge on any atom is 0.239 e. The van der Waals surface area contributed by atoms with Gasteiger partial charge in [0.05, 0.1) is 6.54 Å². The molecule has 1 fully saturated rings. The van der Waals surface area contributed by atoms with Crippen LogP contribution in [0.3, 0.4) is 0 Å². The lowest BCUT2D eigenvalue weighted by Gasteiger charge is -2.29. The molecular formula is C13H20N4O. The molecular weight excluding hydrogens is 228 g/mol. The average molecular weight is 248 g/mol. The van der Waals surface area contributed by atoms with Gasteiger partial charge in [-0.15, -0.1) is 0 Å². The standard InChI is InChI=1S/C13H20N4O/c1-10-2-5-15-12(8-10)16-13(18)9-17-6-3-11(14)4-7-17/h2,5,8,11H,3-4,6-7,9,14H2,1H3,(H,15,16,18). The van der Waals surface area contributed by atoms with Gasteiger partial charge in [0.25, 0.3) is 0 Å². The van der Waals surface area contributed by atoms with E-state index in [0.29, 0.717) is 18.4 Å². The number of aromatic nitrogens is 1. The highest BCUT2D eigenvalue weighted by Gasteiger charge is 2.18. The molecule has 1 aromatic rings. The number of nitrogens with zero attached hydrogens (tertiary/aromatic N) is 2. The Morgan fingerprint density at radius 2 is 2.28 bits per heavy atom. The molecule has 0 bridgehead atoms. The molecule has 18 heavy (non-hydrogen) atoms.